The van der Waals surface area contributed by atoms with Gasteiger partial charge in [0.2, 0.25) is 0 Å². The molecule has 0 saturated carbocycles. The van der Waals surface area contributed by atoms with E-state index in [2.05, 4.69) is 61.0 Å². The number of carbonyl (C=O) groups is 1. The molecule has 3 heteroatoms. The molecule has 0 aliphatic rings. The van der Waals surface area contributed by atoms with Crippen LogP contribution in [-0.2, 0) is 17.6 Å². The molecule has 2 aromatic carbocycles. The van der Waals surface area contributed by atoms with Crippen LogP contribution in [0.3, 0.4) is 0 Å². The van der Waals surface area contributed by atoms with E-state index in [1.807, 2.05) is 6.07 Å². The third-order valence-electron chi connectivity index (χ3n) is 4.48. The number of carboxylic acid groups (broad SMARTS) is 1. The van der Waals surface area contributed by atoms with Gasteiger partial charge in [-0.2, -0.15) is 0 Å². The number of hydrogen-bond acceptors (Lipinski definition) is 2. The highest BCUT2D eigenvalue weighted by Crippen LogP contribution is 2.33. The van der Waals surface area contributed by atoms with Crippen molar-refractivity contribution in [2.45, 2.75) is 45.4 Å². The first-order chi connectivity index (χ1) is 11.7. The van der Waals surface area contributed by atoms with Gasteiger partial charge < -0.3 is 9.84 Å². The van der Waals surface area contributed by atoms with Crippen LogP contribution in [-0.4, -0.2) is 17.9 Å². The summed E-state index contributed by atoms with van der Waals surface area (Å²) in [5.41, 5.74) is 5.46. The average molecular weight is 326 g/mol. The van der Waals surface area contributed by atoms with Crippen molar-refractivity contribution in [1.29, 1.82) is 0 Å². The number of hydrogen-bond donors (Lipinski definition) is 1. The molecule has 0 aromatic heterocycles. The van der Waals surface area contributed by atoms with Crippen LogP contribution in [0.1, 0.15) is 54.9 Å². The van der Waals surface area contributed by atoms with Gasteiger partial charge in [0.15, 0.2) is 0 Å². The highest BCUT2D eigenvalue weighted by Gasteiger charge is 2.18. The molecule has 0 aliphatic carbocycles. The number of aryl methyl sites for hydroxylation is 1. The van der Waals surface area contributed by atoms with Crippen LogP contribution in [0.5, 0.6) is 0 Å². The zero-order chi connectivity index (χ0) is 17.4. The second-order valence-electron chi connectivity index (χ2n) is 5.91. The van der Waals surface area contributed by atoms with Gasteiger partial charge in [-0.05, 0) is 47.9 Å². The molecule has 0 bridgehead atoms. The third kappa shape index (κ3) is 4.60. The molecule has 2 aromatic rings. The minimum atomic E-state index is -1.20. The standard InChI is InChI=1S/C21H26O3/c1-3-16-12-8-13-20(18(16)4-2)19(14-9-15-24-21(22)23)17-10-6-5-7-11-17/h5-8,10-13,19H,3-4,9,14-15H2,1-2H3,(H,22,23). The van der Waals surface area contributed by atoms with E-state index in [0.29, 0.717) is 6.42 Å². The first-order valence-corrected chi connectivity index (χ1v) is 8.68. The van der Waals surface area contributed by atoms with Crippen LogP contribution in [0, 0.1) is 0 Å². The summed E-state index contributed by atoms with van der Waals surface area (Å²) in [6, 6.07) is 17.0. The van der Waals surface area contributed by atoms with Gasteiger partial charge in [-0.1, -0.05) is 62.4 Å². The van der Waals surface area contributed by atoms with Crippen molar-refractivity contribution in [3.8, 4) is 0 Å². The highest BCUT2D eigenvalue weighted by molar-refractivity contribution is 5.56. The van der Waals surface area contributed by atoms with Gasteiger partial charge in [0.25, 0.3) is 0 Å². The summed E-state index contributed by atoms with van der Waals surface area (Å²) in [5.74, 6) is 0.269. The van der Waals surface area contributed by atoms with Crippen LogP contribution >= 0.6 is 0 Å². The van der Waals surface area contributed by atoms with Crippen LogP contribution in [0.2, 0.25) is 0 Å². The summed E-state index contributed by atoms with van der Waals surface area (Å²) >= 11 is 0. The van der Waals surface area contributed by atoms with E-state index in [4.69, 9.17) is 5.11 Å². The Hall–Kier alpha value is -2.29. The van der Waals surface area contributed by atoms with Crippen LogP contribution < -0.4 is 0 Å². The van der Waals surface area contributed by atoms with Crippen LogP contribution in [0.15, 0.2) is 48.5 Å². The Bertz CT molecular complexity index is 649. The molecule has 0 saturated heterocycles. The van der Waals surface area contributed by atoms with Gasteiger partial charge in [0.1, 0.15) is 0 Å². The second kappa shape index (κ2) is 9.11. The predicted octanol–water partition coefficient (Wildman–Crippen LogP) is 5.42. The van der Waals surface area contributed by atoms with Crippen molar-refractivity contribution >= 4 is 6.16 Å². The molecule has 1 atom stereocenters. The summed E-state index contributed by atoms with van der Waals surface area (Å²) in [4.78, 5) is 10.5. The Labute approximate surface area is 144 Å². The quantitative estimate of drug-likeness (QED) is 0.520. The van der Waals surface area contributed by atoms with E-state index in [-0.39, 0.29) is 12.5 Å². The molecule has 0 radical (unpaired) electrons. The van der Waals surface area contributed by atoms with Crippen molar-refractivity contribution in [3.05, 3.63) is 70.8 Å². The van der Waals surface area contributed by atoms with E-state index < -0.39 is 6.16 Å². The van der Waals surface area contributed by atoms with Gasteiger partial charge in [-0.25, -0.2) is 4.79 Å². The smallest absolute Gasteiger partial charge is 0.450 e. The first kappa shape index (κ1) is 18.1. The Balaban J connectivity index is 2.31. The monoisotopic (exact) mass is 326 g/mol. The molecule has 2 rings (SSSR count). The van der Waals surface area contributed by atoms with Crippen LogP contribution in [0.25, 0.3) is 0 Å². The van der Waals surface area contributed by atoms with Crippen molar-refractivity contribution in [2.24, 2.45) is 0 Å². The zero-order valence-electron chi connectivity index (χ0n) is 14.5. The Kier molecular flexibility index (Phi) is 6.86. The maximum atomic E-state index is 10.5. The van der Waals surface area contributed by atoms with Crippen molar-refractivity contribution in [1.82, 2.24) is 0 Å². The fourth-order valence-electron chi connectivity index (χ4n) is 3.38. The topological polar surface area (TPSA) is 46.5 Å². The lowest BCUT2D eigenvalue weighted by molar-refractivity contribution is 0.0898. The lowest BCUT2D eigenvalue weighted by Crippen LogP contribution is -2.09. The predicted molar refractivity (Wildman–Crippen MR) is 96.7 cm³/mol. The van der Waals surface area contributed by atoms with Crippen molar-refractivity contribution in [2.75, 3.05) is 6.61 Å². The molecule has 128 valence electrons. The van der Waals surface area contributed by atoms with Gasteiger partial charge in [0.05, 0.1) is 6.61 Å². The third-order valence-corrected chi connectivity index (χ3v) is 4.48. The highest BCUT2D eigenvalue weighted by atomic mass is 16.7. The minimum absolute atomic E-state index is 0.244. The van der Waals surface area contributed by atoms with Gasteiger partial charge in [-0.3, -0.25) is 0 Å². The summed E-state index contributed by atoms with van der Waals surface area (Å²) in [6.45, 7) is 4.64. The molecule has 0 fully saturated rings. The Morgan fingerprint density at radius 2 is 1.79 bits per heavy atom. The minimum Gasteiger partial charge on any atom is -0.450 e. The maximum absolute atomic E-state index is 10.5. The van der Waals surface area contributed by atoms with E-state index in [9.17, 15) is 4.79 Å². The maximum Gasteiger partial charge on any atom is 0.505 e. The molecule has 0 aliphatic heterocycles. The molecule has 1 unspecified atom stereocenters. The second-order valence-corrected chi connectivity index (χ2v) is 5.91. The summed E-state index contributed by atoms with van der Waals surface area (Å²) in [6.07, 6.45) is 2.42. The zero-order valence-corrected chi connectivity index (χ0v) is 14.5. The normalized spacial score (nSPS) is 11.9. The fraction of sp³-hybridized carbons (Fsp3) is 0.381. The summed E-state index contributed by atoms with van der Waals surface area (Å²) in [5, 5.41) is 8.64. The summed E-state index contributed by atoms with van der Waals surface area (Å²) in [7, 11) is 0. The Morgan fingerprint density at radius 3 is 2.42 bits per heavy atom. The lowest BCUT2D eigenvalue weighted by atomic mass is 9.82. The SMILES string of the molecule is CCc1cccc(C(CCCOC(=O)O)c2ccccc2)c1CC. The van der Waals surface area contributed by atoms with Crippen LogP contribution in [0.4, 0.5) is 4.79 Å². The van der Waals surface area contributed by atoms with Gasteiger partial charge in [-0.15, -0.1) is 0 Å². The van der Waals surface area contributed by atoms with E-state index >= 15 is 0 Å². The van der Waals surface area contributed by atoms with Gasteiger partial charge in [0, 0.05) is 5.92 Å². The lowest BCUT2D eigenvalue weighted by Gasteiger charge is -2.23. The molecular weight excluding hydrogens is 300 g/mol. The molecule has 3 nitrogen and oxygen atoms in total. The average Bonchev–Trinajstić information content (AvgIpc) is 2.61. The Morgan fingerprint density at radius 1 is 1.04 bits per heavy atom. The molecule has 0 amide bonds. The molecule has 1 N–H and O–H groups in total. The number of rotatable bonds is 8. The summed E-state index contributed by atoms with van der Waals surface area (Å²) < 4.78 is 4.68. The molecule has 24 heavy (non-hydrogen) atoms. The number of ether oxygens (including phenoxy) is 1. The van der Waals surface area contributed by atoms with Crippen molar-refractivity contribution in [3.63, 3.8) is 0 Å². The van der Waals surface area contributed by atoms with E-state index in [0.717, 1.165) is 19.3 Å². The van der Waals surface area contributed by atoms with E-state index in [1.54, 1.807) is 0 Å². The van der Waals surface area contributed by atoms with Crippen molar-refractivity contribution < 1.29 is 14.6 Å². The largest absolute Gasteiger partial charge is 0.505 e. The number of benzene rings is 2. The molecular formula is C21H26O3. The molecule has 0 heterocycles. The fourth-order valence-corrected chi connectivity index (χ4v) is 3.38. The van der Waals surface area contributed by atoms with Gasteiger partial charge >= 0.3 is 6.16 Å². The first-order valence-electron chi connectivity index (χ1n) is 8.68. The molecule has 0 spiro atoms. The van der Waals surface area contributed by atoms with E-state index in [1.165, 1.54) is 22.3 Å².